The van der Waals surface area contributed by atoms with Gasteiger partial charge in [0.15, 0.2) is 11.6 Å². The van der Waals surface area contributed by atoms with Crippen molar-refractivity contribution in [1.82, 2.24) is 15.1 Å². The highest BCUT2D eigenvalue weighted by molar-refractivity contribution is 5.94. The van der Waals surface area contributed by atoms with Crippen LogP contribution in [0.15, 0.2) is 30.6 Å². The van der Waals surface area contributed by atoms with Crippen molar-refractivity contribution in [3.63, 3.8) is 0 Å². The topological polar surface area (TPSA) is 69.2 Å². The number of hydrogen-bond donors (Lipinski definition) is 2. The summed E-state index contributed by atoms with van der Waals surface area (Å²) in [6.45, 7) is 0.147. The van der Waals surface area contributed by atoms with E-state index in [2.05, 4.69) is 10.2 Å². The fourth-order valence-electron chi connectivity index (χ4n) is 2.61. The normalized spacial score (nSPS) is 21.8. The first-order valence-electron chi connectivity index (χ1n) is 6.49. The molecule has 21 heavy (non-hydrogen) atoms. The Morgan fingerprint density at radius 2 is 2.19 bits per heavy atom. The van der Waals surface area contributed by atoms with Gasteiger partial charge < -0.3 is 10.0 Å². The molecule has 0 bridgehead atoms. The van der Waals surface area contributed by atoms with E-state index in [1.54, 1.807) is 0 Å². The molecule has 2 N–H and O–H groups in total. The smallest absolute Gasteiger partial charge is 0.257 e. The van der Waals surface area contributed by atoms with Crippen LogP contribution in [0.3, 0.4) is 0 Å². The van der Waals surface area contributed by atoms with Crippen LogP contribution in [0.5, 0.6) is 0 Å². The summed E-state index contributed by atoms with van der Waals surface area (Å²) < 4.78 is 26.4. The van der Waals surface area contributed by atoms with E-state index in [-0.39, 0.29) is 18.9 Å². The molecule has 1 aromatic carbocycles. The van der Waals surface area contributed by atoms with Gasteiger partial charge in [-0.05, 0) is 24.1 Å². The molecule has 1 saturated heterocycles. The third kappa shape index (κ3) is 2.52. The van der Waals surface area contributed by atoms with Gasteiger partial charge in [0.2, 0.25) is 0 Å². The number of hydrogen-bond acceptors (Lipinski definition) is 3. The standard InChI is InChI=1S/C14H13F2N3O2/c15-11-2-1-8(3-12(11)16)13-4-10(20)7-19(13)14(21)9-5-17-18-6-9/h1-3,5-6,10,13,20H,4,7H2,(H,17,18)/t10-,13-/m1/s1. The average molecular weight is 293 g/mol. The molecule has 1 fully saturated rings. The zero-order chi connectivity index (χ0) is 15.0. The summed E-state index contributed by atoms with van der Waals surface area (Å²) in [6.07, 6.45) is 2.43. The number of aliphatic hydroxyl groups excluding tert-OH is 1. The highest BCUT2D eigenvalue weighted by atomic mass is 19.2. The number of aromatic amines is 1. The lowest BCUT2D eigenvalue weighted by Gasteiger charge is -2.24. The van der Waals surface area contributed by atoms with Crippen molar-refractivity contribution in [2.24, 2.45) is 0 Å². The van der Waals surface area contributed by atoms with E-state index in [1.165, 1.54) is 23.4 Å². The summed E-state index contributed by atoms with van der Waals surface area (Å²) in [4.78, 5) is 13.8. The van der Waals surface area contributed by atoms with Gasteiger partial charge in [0.05, 0.1) is 23.9 Å². The SMILES string of the molecule is O=C(c1cn[nH]c1)N1C[C@H](O)C[C@@H]1c1ccc(F)c(F)c1. The Morgan fingerprint density at radius 3 is 2.86 bits per heavy atom. The van der Waals surface area contributed by atoms with Crippen LogP contribution in [0.4, 0.5) is 8.78 Å². The minimum atomic E-state index is -0.968. The van der Waals surface area contributed by atoms with Gasteiger partial charge in [-0.1, -0.05) is 6.07 Å². The molecule has 110 valence electrons. The summed E-state index contributed by atoms with van der Waals surface area (Å²) in [7, 11) is 0. The maximum Gasteiger partial charge on any atom is 0.257 e. The van der Waals surface area contributed by atoms with Crippen LogP contribution in [0.2, 0.25) is 0 Å². The Kier molecular flexibility index (Phi) is 3.42. The number of nitrogens with one attached hydrogen (secondary N) is 1. The second-order valence-electron chi connectivity index (χ2n) is 5.02. The monoisotopic (exact) mass is 293 g/mol. The third-order valence-corrected chi connectivity index (χ3v) is 3.61. The number of carbonyl (C=O) groups excluding carboxylic acids is 1. The number of aliphatic hydroxyl groups is 1. The molecule has 1 aliphatic heterocycles. The summed E-state index contributed by atoms with van der Waals surface area (Å²) in [5.41, 5.74) is 0.818. The van der Waals surface area contributed by atoms with Crippen molar-refractivity contribution in [1.29, 1.82) is 0 Å². The van der Waals surface area contributed by atoms with E-state index in [4.69, 9.17) is 0 Å². The molecule has 0 spiro atoms. The van der Waals surface area contributed by atoms with Gasteiger partial charge in [0.25, 0.3) is 5.91 Å². The number of likely N-dealkylation sites (tertiary alicyclic amines) is 1. The summed E-state index contributed by atoms with van der Waals surface area (Å²) in [5.74, 6) is -2.22. The largest absolute Gasteiger partial charge is 0.391 e. The van der Waals surface area contributed by atoms with Gasteiger partial charge in [0, 0.05) is 12.7 Å². The van der Waals surface area contributed by atoms with Crippen molar-refractivity contribution < 1.29 is 18.7 Å². The van der Waals surface area contributed by atoms with Gasteiger partial charge >= 0.3 is 0 Å². The predicted molar refractivity (Wildman–Crippen MR) is 69.3 cm³/mol. The van der Waals surface area contributed by atoms with Gasteiger partial charge in [-0.3, -0.25) is 9.89 Å². The first-order chi connectivity index (χ1) is 10.1. The molecule has 2 heterocycles. The van der Waals surface area contributed by atoms with Crippen molar-refractivity contribution >= 4 is 5.91 Å². The molecule has 1 amide bonds. The predicted octanol–water partition coefficient (Wildman–Crippen LogP) is 1.64. The lowest BCUT2D eigenvalue weighted by molar-refractivity contribution is 0.0715. The van der Waals surface area contributed by atoms with Crippen molar-refractivity contribution in [2.75, 3.05) is 6.54 Å². The Labute approximate surface area is 119 Å². The van der Waals surface area contributed by atoms with Crippen molar-refractivity contribution in [3.05, 3.63) is 53.4 Å². The Morgan fingerprint density at radius 1 is 1.38 bits per heavy atom. The quantitative estimate of drug-likeness (QED) is 0.884. The molecule has 3 rings (SSSR count). The number of carbonyl (C=O) groups is 1. The molecule has 1 aromatic heterocycles. The van der Waals surface area contributed by atoms with Crippen LogP contribution in [-0.4, -0.2) is 38.8 Å². The van der Waals surface area contributed by atoms with E-state index in [0.29, 0.717) is 11.1 Å². The van der Waals surface area contributed by atoms with Crippen LogP contribution in [0.25, 0.3) is 0 Å². The Balaban J connectivity index is 1.92. The Hall–Kier alpha value is -2.28. The van der Waals surface area contributed by atoms with Crippen LogP contribution < -0.4 is 0 Å². The fraction of sp³-hybridized carbons (Fsp3) is 0.286. The minimum absolute atomic E-state index is 0.147. The molecule has 0 aliphatic carbocycles. The van der Waals surface area contributed by atoms with E-state index in [1.807, 2.05) is 0 Å². The number of H-pyrrole nitrogens is 1. The van der Waals surface area contributed by atoms with Crippen molar-refractivity contribution in [2.45, 2.75) is 18.6 Å². The number of amides is 1. The first kappa shape index (κ1) is 13.7. The molecule has 2 aromatic rings. The van der Waals surface area contributed by atoms with Gasteiger partial charge in [0.1, 0.15) is 0 Å². The fourth-order valence-corrected chi connectivity index (χ4v) is 2.61. The molecule has 0 saturated carbocycles. The maximum absolute atomic E-state index is 13.4. The van der Waals surface area contributed by atoms with Crippen LogP contribution in [0.1, 0.15) is 28.4 Å². The van der Waals surface area contributed by atoms with Crippen LogP contribution in [-0.2, 0) is 0 Å². The third-order valence-electron chi connectivity index (χ3n) is 3.61. The number of nitrogens with zero attached hydrogens (tertiary/aromatic N) is 2. The number of benzene rings is 1. The zero-order valence-corrected chi connectivity index (χ0v) is 11.0. The minimum Gasteiger partial charge on any atom is -0.391 e. The molecule has 0 radical (unpaired) electrons. The number of rotatable bonds is 2. The summed E-state index contributed by atoms with van der Waals surface area (Å²) >= 11 is 0. The second-order valence-corrected chi connectivity index (χ2v) is 5.02. The molecular weight excluding hydrogens is 280 g/mol. The molecule has 2 atom stereocenters. The van der Waals surface area contributed by atoms with Crippen molar-refractivity contribution in [3.8, 4) is 0 Å². The van der Waals surface area contributed by atoms with Gasteiger partial charge in [-0.15, -0.1) is 0 Å². The van der Waals surface area contributed by atoms with E-state index in [9.17, 15) is 18.7 Å². The van der Waals surface area contributed by atoms with Gasteiger partial charge in [-0.25, -0.2) is 8.78 Å². The van der Waals surface area contributed by atoms with Crippen LogP contribution >= 0.6 is 0 Å². The number of β-amino-alcohol motifs (C(OH)–C–C–N with tert-alkyl or cyclic N) is 1. The molecule has 0 unspecified atom stereocenters. The first-order valence-corrected chi connectivity index (χ1v) is 6.49. The van der Waals surface area contributed by atoms with Gasteiger partial charge in [-0.2, -0.15) is 5.10 Å². The number of aromatic nitrogens is 2. The molecule has 5 nitrogen and oxygen atoms in total. The summed E-state index contributed by atoms with van der Waals surface area (Å²) in [6, 6.07) is 3.03. The highest BCUT2D eigenvalue weighted by Gasteiger charge is 2.36. The van der Waals surface area contributed by atoms with E-state index in [0.717, 1.165) is 12.1 Å². The summed E-state index contributed by atoms with van der Waals surface area (Å²) in [5, 5.41) is 16.1. The lowest BCUT2D eigenvalue weighted by Crippen LogP contribution is -2.31. The molecular formula is C14H13F2N3O2. The number of halogens is 2. The Bertz CT molecular complexity index is 660. The zero-order valence-electron chi connectivity index (χ0n) is 11.0. The second kappa shape index (κ2) is 5.25. The lowest BCUT2D eigenvalue weighted by atomic mass is 10.0. The molecule has 7 heteroatoms. The van der Waals surface area contributed by atoms with E-state index >= 15 is 0 Å². The maximum atomic E-state index is 13.4. The average Bonchev–Trinajstić information content (AvgIpc) is 3.10. The van der Waals surface area contributed by atoms with E-state index < -0.39 is 23.8 Å². The molecule has 1 aliphatic rings. The van der Waals surface area contributed by atoms with Crippen LogP contribution in [0, 0.1) is 11.6 Å². The highest BCUT2D eigenvalue weighted by Crippen LogP contribution is 2.33.